The van der Waals surface area contributed by atoms with Gasteiger partial charge in [0, 0.05) is 17.7 Å². The first-order chi connectivity index (χ1) is 14.5. The number of benzene rings is 2. The van der Waals surface area contributed by atoms with Crippen molar-refractivity contribution in [3.63, 3.8) is 0 Å². The molecule has 0 unspecified atom stereocenters. The quantitative estimate of drug-likeness (QED) is 0.653. The molecule has 2 aromatic carbocycles. The molecular formula is C22H22N4O3S. The van der Waals surface area contributed by atoms with Crippen molar-refractivity contribution < 1.29 is 14.3 Å². The second-order valence-electron chi connectivity index (χ2n) is 7.41. The normalized spacial score (nSPS) is 14.0. The van der Waals surface area contributed by atoms with Gasteiger partial charge in [-0.15, -0.1) is 10.2 Å². The van der Waals surface area contributed by atoms with E-state index in [0.717, 1.165) is 16.9 Å². The molecule has 0 fully saturated rings. The molecule has 8 heteroatoms. The maximum Gasteiger partial charge on any atom is 0.255 e. The van der Waals surface area contributed by atoms with Crippen molar-refractivity contribution in [3.05, 3.63) is 59.7 Å². The molecule has 0 radical (unpaired) electrons. The first-order valence-electron chi connectivity index (χ1n) is 9.65. The molecule has 2 amide bonds. The van der Waals surface area contributed by atoms with Crippen LogP contribution in [0.1, 0.15) is 29.8 Å². The monoisotopic (exact) mass is 422 g/mol. The summed E-state index contributed by atoms with van der Waals surface area (Å²) in [7, 11) is 1.61. The number of carbonyl (C=O) groups excluding carboxylic acids is 2. The van der Waals surface area contributed by atoms with Gasteiger partial charge in [-0.3, -0.25) is 14.9 Å². The van der Waals surface area contributed by atoms with Gasteiger partial charge in [0.2, 0.25) is 11.0 Å². The Kier molecular flexibility index (Phi) is 5.50. The zero-order chi connectivity index (χ0) is 21.3. The van der Waals surface area contributed by atoms with Crippen LogP contribution in [-0.4, -0.2) is 40.1 Å². The Morgan fingerprint density at radius 2 is 1.87 bits per heavy atom. The zero-order valence-electron chi connectivity index (χ0n) is 17.0. The van der Waals surface area contributed by atoms with E-state index in [-0.39, 0.29) is 17.7 Å². The summed E-state index contributed by atoms with van der Waals surface area (Å²) in [5.41, 5.74) is 2.49. The largest absolute Gasteiger partial charge is 0.497 e. The second-order valence-corrected chi connectivity index (χ2v) is 8.39. The van der Waals surface area contributed by atoms with Crippen LogP contribution in [0.5, 0.6) is 5.75 Å². The Morgan fingerprint density at radius 1 is 1.13 bits per heavy atom. The van der Waals surface area contributed by atoms with Crippen molar-refractivity contribution in [1.29, 1.82) is 0 Å². The van der Waals surface area contributed by atoms with E-state index >= 15 is 0 Å². The molecule has 0 spiro atoms. The fourth-order valence-corrected chi connectivity index (χ4v) is 4.36. The van der Waals surface area contributed by atoms with Crippen LogP contribution in [0.25, 0.3) is 10.6 Å². The average molecular weight is 423 g/mol. The minimum atomic E-state index is -0.599. The Labute approximate surface area is 178 Å². The first kappa shape index (κ1) is 20.0. The summed E-state index contributed by atoms with van der Waals surface area (Å²) < 4.78 is 5.17. The molecule has 0 aliphatic carbocycles. The van der Waals surface area contributed by atoms with Crippen LogP contribution in [-0.2, 0) is 11.3 Å². The number of nitrogens with one attached hydrogen (secondary N) is 1. The predicted molar refractivity (Wildman–Crippen MR) is 115 cm³/mol. The topological polar surface area (TPSA) is 84.4 Å². The summed E-state index contributed by atoms with van der Waals surface area (Å²) in [5, 5.41) is 12.2. The fraction of sp³-hybridized carbons (Fsp3) is 0.273. The van der Waals surface area contributed by atoms with E-state index in [9.17, 15) is 9.59 Å². The lowest BCUT2D eigenvalue weighted by Gasteiger charge is -2.29. The lowest BCUT2D eigenvalue weighted by molar-refractivity contribution is -0.122. The van der Waals surface area contributed by atoms with Gasteiger partial charge >= 0.3 is 0 Å². The molecule has 0 saturated heterocycles. The summed E-state index contributed by atoms with van der Waals surface area (Å²) in [6.07, 6.45) is 0. The number of nitrogens with zero attached hydrogens (tertiary/aromatic N) is 3. The third kappa shape index (κ3) is 3.78. The number of ether oxygens (including phenoxy) is 1. The number of hydrogen-bond acceptors (Lipinski definition) is 6. The van der Waals surface area contributed by atoms with E-state index in [0.29, 0.717) is 22.2 Å². The molecular weight excluding hydrogens is 400 g/mol. The summed E-state index contributed by atoms with van der Waals surface area (Å²) in [5.74, 6) is 0.323. The van der Waals surface area contributed by atoms with Crippen molar-refractivity contribution in [2.75, 3.05) is 12.4 Å². The lowest BCUT2D eigenvalue weighted by atomic mass is 10.0. The highest BCUT2D eigenvalue weighted by Crippen LogP contribution is 2.30. The average Bonchev–Trinajstić information content (AvgIpc) is 3.33. The van der Waals surface area contributed by atoms with Gasteiger partial charge in [-0.2, -0.15) is 0 Å². The number of carbonyl (C=O) groups is 2. The van der Waals surface area contributed by atoms with Gasteiger partial charge in [-0.05, 0) is 41.8 Å². The van der Waals surface area contributed by atoms with Gasteiger partial charge in [0.25, 0.3) is 5.91 Å². The van der Waals surface area contributed by atoms with Gasteiger partial charge in [-0.25, -0.2) is 0 Å². The van der Waals surface area contributed by atoms with Crippen molar-refractivity contribution in [1.82, 2.24) is 15.1 Å². The van der Waals surface area contributed by atoms with Crippen LogP contribution in [0.3, 0.4) is 0 Å². The first-order valence-corrected chi connectivity index (χ1v) is 10.5. The van der Waals surface area contributed by atoms with Crippen molar-refractivity contribution in [2.24, 2.45) is 5.92 Å². The second kappa shape index (κ2) is 8.23. The van der Waals surface area contributed by atoms with E-state index in [4.69, 9.17) is 4.74 Å². The predicted octanol–water partition coefficient (Wildman–Crippen LogP) is 3.83. The van der Waals surface area contributed by atoms with E-state index in [2.05, 4.69) is 15.5 Å². The third-order valence-electron chi connectivity index (χ3n) is 5.08. The van der Waals surface area contributed by atoms with Gasteiger partial charge in [0.15, 0.2) is 0 Å². The van der Waals surface area contributed by atoms with Gasteiger partial charge < -0.3 is 9.64 Å². The number of fused-ring (bicyclic) bond motifs is 1. The Hall–Kier alpha value is -3.26. The third-order valence-corrected chi connectivity index (χ3v) is 5.97. The maximum absolute atomic E-state index is 13.1. The summed E-state index contributed by atoms with van der Waals surface area (Å²) in [6.45, 7) is 4.30. The molecule has 0 bridgehead atoms. The van der Waals surface area contributed by atoms with Crippen LogP contribution in [0, 0.1) is 5.92 Å². The van der Waals surface area contributed by atoms with E-state index < -0.39 is 6.04 Å². The molecule has 30 heavy (non-hydrogen) atoms. The minimum absolute atomic E-state index is 0.0581. The number of methoxy groups -OCH3 is 1. The minimum Gasteiger partial charge on any atom is -0.497 e. The highest BCUT2D eigenvalue weighted by atomic mass is 32.1. The van der Waals surface area contributed by atoms with Crippen LogP contribution >= 0.6 is 11.3 Å². The smallest absolute Gasteiger partial charge is 0.255 e. The highest BCUT2D eigenvalue weighted by Gasteiger charge is 2.38. The van der Waals surface area contributed by atoms with Crippen LogP contribution in [0.4, 0.5) is 5.13 Å². The van der Waals surface area contributed by atoms with Gasteiger partial charge in [0.05, 0.1) is 7.11 Å². The number of aromatic nitrogens is 2. The molecule has 4 rings (SSSR count). The van der Waals surface area contributed by atoms with Crippen LogP contribution in [0.15, 0.2) is 48.5 Å². The zero-order valence-corrected chi connectivity index (χ0v) is 17.8. The molecule has 1 aliphatic rings. The summed E-state index contributed by atoms with van der Waals surface area (Å²) in [4.78, 5) is 27.6. The molecule has 1 aliphatic heterocycles. The highest BCUT2D eigenvalue weighted by molar-refractivity contribution is 7.18. The molecule has 1 N–H and O–H groups in total. The number of rotatable bonds is 6. The van der Waals surface area contributed by atoms with Crippen molar-refractivity contribution in [2.45, 2.75) is 26.4 Å². The number of anilines is 1. The van der Waals surface area contributed by atoms with Crippen LogP contribution in [0.2, 0.25) is 0 Å². The van der Waals surface area contributed by atoms with Crippen LogP contribution < -0.4 is 10.1 Å². The van der Waals surface area contributed by atoms with E-state index in [1.807, 2.05) is 56.3 Å². The molecule has 0 saturated carbocycles. The SMILES string of the molecule is COc1ccc(-c2nnc(NC(=O)[C@H](C(C)C)N3Cc4ccccc4C3=O)s2)cc1. The van der Waals surface area contributed by atoms with E-state index in [1.54, 1.807) is 18.1 Å². The fourth-order valence-electron chi connectivity index (χ4n) is 3.61. The molecule has 1 atom stereocenters. The molecule has 3 aromatic rings. The molecule has 1 aromatic heterocycles. The standard InChI is InChI=1S/C22H22N4O3S/c1-13(2)18(26-12-15-6-4-5-7-17(15)21(26)28)19(27)23-22-25-24-20(30-22)14-8-10-16(29-3)11-9-14/h4-11,13,18H,12H2,1-3H3,(H,23,25,27)/t18-/m0/s1. The van der Waals surface area contributed by atoms with Gasteiger partial charge in [0.1, 0.15) is 16.8 Å². The Bertz CT molecular complexity index is 1080. The van der Waals surface area contributed by atoms with Crippen molar-refractivity contribution >= 4 is 28.3 Å². The maximum atomic E-state index is 13.1. The Morgan fingerprint density at radius 3 is 2.53 bits per heavy atom. The number of hydrogen-bond donors (Lipinski definition) is 1. The lowest BCUT2D eigenvalue weighted by Crippen LogP contribution is -2.47. The molecule has 154 valence electrons. The van der Waals surface area contributed by atoms with Crippen molar-refractivity contribution in [3.8, 4) is 16.3 Å². The number of amides is 2. The van der Waals surface area contributed by atoms with E-state index in [1.165, 1.54) is 11.3 Å². The summed E-state index contributed by atoms with van der Waals surface area (Å²) >= 11 is 1.29. The summed E-state index contributed by atoms with van der Waals surface area (Å²) in [6, 6.07) is 14.4. The molecule has 7 nitrogen and oxygen atoms in total. The molecule has 2 heterocycles. The van der Waals surface area contributed by atoms with Gasteiger partial charge in [-0.1, -0.05) is 43.4 Å². The Balaban J connectivity index is 1.51.